The van der Waals surface area contributed by atoms with E-state index in [0.29, 0.717) is 18.9 Å². The lowest BCUT2D eigenvalue weighted by molar-refractivity contribution is 0.629. The first-order valence-electron chi connectivity index (χ1n) is 9.44. The monoisotopic (exact) mass is 416 g/mol. The van der Waals surface area contributed by atoms with Crippen molar-refractivity contribution < 1.29 is 4.39 Å². The summed E-state index contributed by atoms with van der Waals surface area (Å²) in [5.74, 6) is 0.303. The Morgan fingerprint density at radius 1 is 1.10 bits per heavy atom. The maximum atomic E-state index is 13.6. The van der Waals surface area contributed by atoms with Crippen molar-refractivity contribution in [3.8, 4) is 21.8 Å². The van der Waals surface area contributed by atoms with Crippen molar-refractivity contribution in [2.75, 3.05) is 11.9 Å². The Bertz CT molecular complexity index is 1280. The quantitative estimate of drug-likeness (QED) is 0.410. The van der Waals surface area contributed by atoms with E-state index in [0.717, 1.165) is 38.3 Å². The van der Waals surface area contributed by atoms with Gasteiger partial charge < -0.3 is 10.3 Å². The molecule has 8 heteroatoms. The van der Waals surface area contributed by atoms with Crippen molar-refractivity contribution in [1.82, 2.24) is 24.9 Å². The summed E-state index contributed by atoms with van der Waals surface area (Å²) in [5, 5.41) is 6.20. The fourth-order valence-corrected chi connectivity index (χ4v) is 4.09. The molecule has 4 heterocycles. The number of halogens is 1. The zero-order valence-electron chi connectivity index (χ0n) is 15.8. The average Bonchev–Trinajstić information content (AvgIpc) is 3.45. The lowest BCUT2D eigenvalue weighted by Crippen LogP contribution is -2.08. The van der Waals surface area contributed by atoms with Gasteiger partial charge in [0.2, 0.25) is 5.95 Å². The predicted octanol–water partition coefficient (Wildman–Crippen LogP) is 4.94. The fraction of sp³-hybridized carbons (Fsp3) is 0.0909. The third kappa shape index (κ3) is 3.65. The molecule has 0 saturated carbocycles. The molecular formula is C22H17FN6S. The first-order chi connectivity index (χ1) is 14.8. The van der Waals surface area contributed by atoms with Crippen molar-refractivity contribution in [2.45, 2.75) is 6.42 Å². The summed E-state index contributed by atoms with van der Waals surface area (Å²) in [5.41, 5.74) is 4.36. The summed E-state index contributed by atoms with van der Waals surface area (Å²) in [4.78, 5) is 22.0. The Kier molecular flexibility index (Phi) is 4.90. The minimum absolute atomic E-state index is 0.236. The van der Waals surface area contributed by atoms with Crippen LogP contribution >= 0.6 is 11.3 Å². The molecule has 0 aliphatic rings. The van der Waals surface area contributed by atoms with Gasteiger partial charge in [0.05, 0.1) is 22.5 Å². The largest absolute Gasteiger partial charge is 0.361 e. The van der Waals surface area contributed by atoms with Gasteiger partial charge in [-0.05, 0) is 41.6 Å². The fourth-order valence-electron chi connectivity index (χ4n) is 3.36. The van der Waals surface area contributed by atoms with Crippen molar-refractivity contribution >= 4 is 28.2 Å². The van der Waals surface area contributed by atoms with E-state index in [-0.39, 0.29) is 5.82 Å². The molecule has 0 amide bonds. The molecule has 30 heavy (non-hydrogen) atoms. The molecule has 5 rings (SSSR count). The van der Waals surface area contributed by atoms with Crippen LogP contribution in [0.2, 0.25) is 0 Å². The molecule has 6 nitrogen and oxygen atoms in total. The van der Waals surface area contributed by atoms with Gasteiger partial charge in [0, 0.05) is 47.8 Å². The molecule has 5 aromatic rings. The van der Waals surface area contributed by atoms with Crippen LogP contribution in [0.3, 0.4) is 0 Å². The standard InChI is InChI=1S/C22H17FN6S/c23-15-3-4-18-16(10-15)14(11-27-18)5-6-26-22-28-12-17(19-13-24-7-8-25-19)21(29-22)20-2-1-9-30-20/h1-4,7-13,27H,5-6H2,(H,26,28,29). The van der Waals surface area contributed by atoms with E-state index in [4.69, 9.17) is 4.98 Å². The summed E-state index contributed by atoms with van der Waals surface area (Å²) in [7, 11) is 0. The normalized spacial score (nSPS) is 11.1. The topological polar surface area (TPSA) is 79.4 Å². The molecule has 0 radical (unpaired) electrons. The number of fused-ring (bicyclic) bond motifs is 1. The number of nitrogens with zero attached hydrogens (tertiary/aromatic N) is 4. The van der Waals surface area contributed by atoms with Gasteiger partial charge in [-0.15, -0.1) is 11.3 Å². The van der Waals surface area contributed by atoms with E-state index in [9.17, 15) is 4.39 Å². The maximum absolute atomic E-state index is 13.6. The summed E-state index contributed by atoms with van der Waals surface area (Å²) < 4.78 is 13.6. The molecule has 0 bridgehead atoms. The van der Waals surface area contributed by atoms with Gasteiger partial charge in [-0.1, -0.05) is 6.07 Å². The van der Waals surface area contributed by atoms with Crippen LogP contribution in [0.25, 0.3) is 32.7 Å². The van der Waals surface area contributed by atoms with Gasteiger partial charge in [0.15, 0.2) is 0 Å². The second-order valence-corrected chi connectivity index (χ2v) is 7.65. The molecule has 0 saturated heterocycles. The smallest absolute Gasteiger partial charge is 0.223 e. The highest BCUT2D eigenvalue weighted by Gasteiger charge is 2.14. The zero-order valence-corrected chi connectivity index (χ0v) is 16.7. The molecule has 148 valence electrons. The van der Waals surface area contributed by atoms with Crippen LogP contribution in [-0.4, -0.2) is 31.5 Å². The number of H-pyrrole nitrogens is 1. The van der Waals surface area contributed by atoms with Crippen molar-refractivity contribution in [3.63, 3.8) is 0 Å². The first kappa shape index (κ1) is 18.4. The average molecular weight is 416 g/mol. The molecular weight excluding hydrogens is 399 g/mol. The molecule has 0 aliphatic carbocycles. The van der Waals surface area contributed by atoms with E-state index >= 15 is 0 Å². The number of nitrogens with one attached hydrogen (secondary N) is 2. The van der Waals surface area contributed by atoms with E-state index in [1.807, 2.05) is 23.7 Å². The van der Waals surface area contributed by atoms with Crippen LogP contribution in [0.4, 0.5) is 10.3 Å². The molecule has 0 atom stereocenters. The molecule has 4 aromatic heterocycles. The van der Waals surface area contributed by atoms with Gasteiger partial charge in [0.1, 0.15) is 5.82 Å². The Morgan fingerprint density at radius 3 is 2.90 bits per heavy atom. The number of benzene rings is 1. The number of thiophene rings is 1. The van der Waals surface area contributed by atoms with Crippen LogP contribution in [0.15, 0.2) is 66.7 Å². The molecule has 0 spiro atoms. The number of aromatic nitrogens is 5. The SMILES string of the molecule is Fc1ccc2[nH]cc(CCNc3ncc(-c4cnccn4)c(-c4cccs4)n3)c2c1. The van der Waals surface area contributed by atoms with E-state index < -0.39 is 0 Å². The number of aromatic amines is 1. The maximum Gasteiger partial charge on any atom is 0.223 e. The Morgan fingerprint density at radius 2 is 2.07 bits per heavy atom. The summed E-state index contributed by atoms with van der Waals surface area (Å²) >= 11 is 1.61. The van der Waals surface area contributed by atoms with Gasteiger partial charge in [0.25, 0.3) is 0 Å². The van der Waals surface area contributed by atoms with Crippen LogP contribution in [-0.2, 0) is 6.42 Å². The molecule has 0 fully saturated rings. The van der Waals surface area contributed by atoms with E-state index in [2.05, 4.69) is 25.3 Å². The van der Waals surface area contributed by atoms with Gasteiger partial charge in [-0.3, -0.25) is 9.97 Å². The Labute approximate surface area is 175 Å². The van der Waals surface area contributed by atoms with Crippen molar-refractivity contribution in [2.24, 2.45) is 0 Å². The van der Waals surface area contributed by atoms with E-state index in [1.165, 1.54) is 6.07 Å². The molecule has 0 unspecified atom stereocenters. The third-order valence-electron chi connectivity index (χ3n) is 4.79. The van der Waals surface area contributed by atoms with Gasteiger partial charge >= 0.3 is 0 Å². The van der Waals surface area contributed by atoms with Crippen LogP contribution in [0, 0.1) is 5.82 Å². The second-order valence-electron chi connectivity index (χ2n) is 6.70. The predicted molar refractivity (Wildman–Crippen MR) is 117 cm³/mol. The number of rotatable bonds is 6. The highest BCUT2D eigenvalue weighted by Crippen LogP contribution is 2.32. The highest BCUT2D eigenvalue weighted by molar-refractivity contribution is 7.13. The molecule has 2 N–H and O–H groups in total. The Balaban J connectivity index is 1.38. The van der Waals surface area contributed by atoms with E-state index in [1.54, 1.807) is 48.3 Å². The lowest BCUT2D eigenvalue weighted by atomic mass is 10.1. The number of anilines is 1. The minimum Gasteiger partial charge on any atom is -0.361 e. The summed E-state index contributed by atoms with van der Waals surface area (Å²) in [6, 6.07) is 8.79. The van der Waals surface area contributed by atoms with Crippen LogP contribution in [0.1, 0.15) is 5.56 Å². The first-order valence-corrected chi connectivity index (χ1v) is 10.3. The number of hydrogen-bond acceptors (Lipinski definition) is 6. The van der Waals surface area contributed by atoms with Gasteiger partial charge in [-0.2, -0.15) is 0 Å². The lowest BCUT2D eigenvalue weighted by Gasteiger charge is -2.10. The van der Waals surface area contributed by atoms with Crippen LogP contribution < -0.4 is 5.32 Å². The third-order valence-corrected chi connectivity index (χ3v) is 5.67. The van der Waals surface area contributed by atoms with Crippen LogP contribution in [0.5, 0.6) is 0 Å². The number of hydrogen-bond donors (Lipinski definition) is 2. The van der Waals surface area contributed by atoms with Gasteiger partial charge in [-0.25, -0.2) is 14.4 Å². The highest BCUT2D eigenvalue weighted by atomic mass is 32.1. The molecule has 1 aromatic carbocycles. The van der Waals surface area contributed by atoms with Crippen molar-refractivity contribution in [3.05, 3.63) is 78.1 Å². The summed E-state index contributed by atoms with van der Waals surface area (Å²) in [6.45, 7) is 0.623. The minimum atomic E-state index is -0.236. The Hall–Kier alpha value is -3.65. The zero-order chi connectivity index (χ0) is 20.3. The summed E-state index contributed by atoms with van der Waals surface area (Å²) in [6.07, 6.45) is 9.41. The molecule has 0 aliphatic heterocycles. The van der Waals surface area contributed by atoms with Crippen molar-refractivity contribution in [1.29, 1.82) is 0 Å². The second kappa shape index (κ2) is 8.00.